The number of hydrogen-bond acceptors (Lipinski definition) is 4. The van der Waals surface area contributed by atoms with Gasteiger partial charge >= 0.3 is 0 Å². The number of nitrogens with zero attached hydrogens (tertiary/aromatic N) is 2. The second kappa shape index (κ2) is 6.22. The molecule has 1 amide bonds. The van der Waals surface area contributed by atoms with E-state index in [2.05, 4.69) is 10.4 Å². The van der Waals surface area contributed by atoms with Gasteiger partial charge in [-0.05, 0) is 31.1 Å². The fourth-order valence-electron chi connectivity index (χ4n) is 2.71. The maximum atomic E-state index is 12.6. The number of rotatable bonds is 4. The summed E-state index contributed by atoms with van der Waals surface area (Å²) >= 11 is 0. The third-order valence-electron chi connectivity index (χ3n) is 3.85. The second-order valence-electron chi connectivity index (χ2n) is 5.62. The maximum absolute atomic E-state index is 12.6. The zero-order valence-electron chi connectivity index (χ0n) is 12.9. The topological polar surface area (TPSA) is 65.5 Å². The highest BCUT2D eigenvalue weighted by Crippen LogP contribution is 2.31. The monoisotopic (exact) mass is 309 g/mol. The van der Waals surface area contributed by atoms with E-state index in [-0.39, 0.29) is 5.91 Å². The van der Waals surface area contributed by atoms with Gasteiger partial charge in [-0.2, -0.15) is 0 Å². The van der Waals surface area contributed by atoms with Crippen molar-refractivity contribution in [1.29, 1.82) is 0 Å². The number of hydrazine groups is 1. The van der Waals surface area contributed by atoms with E-state index < -0.39 is 5.72 Å². The molecule has 0 bridgehead atoms. The summed E-state index contributed by atoms with van der Waals surface area (Å²) in [5.74, 6) is -0.173. The fraction of sp³-hybridized carbons (Fsp3) is 0.222. The van der Waals surface area contributed by atoms with Crippen LogP contribution in [0, 0.1) is 0 Å². The smallest absolute Gasteiger partial charge is 0.244 e. The molecule has 2 N–H and O–H groups in total. The van der Waals surface area contributed by atoms with E-state index in [9.17, 15) is 9.90 Å². The highest BCUT2D eigenvalue weighted by molar-refractivity contribution is 5.78. The number of aromatic nitrogens is 1. The van der Waals surface area contributed by atoms with E-state index in [1.807, 2.05) is 37.3 Å². The van der Waals surface area contributed by atoms with Crippen molar-refractivity contribution in [2.45, 2.75) is 25.5 Å². The third kappa shape index (κ3) is 3.10. The first-order valence-electron chi connectivity index (χ1n) is 7.55. The van der Waals surface area contributed by atoms with E-state index in [4.69, 9.17) is 0 Å². The lowest BCUT2D eigenvalue weighted by atomic mass is 10.0. The summed E-state index contributed by atoms with van der Waals surface area (Å²) < 4.78 is 0. The van der Waals surface area contributed by atoms with Gasteiger partial charge in [-0.15, -0.1) is 0 Å². The minimum absolute atomic E-state index is 0.173. The first-order chi connectivity index (χ1) is 11.1. The Hall–Kier alpha value is -2.66. The van der Waals surface area contributed by atoms with Gasteiger partial charge in [0.15, 0.2) is 0 Å². The van der Waals surface area contributed by atoms with E-state index in [1.165, 1.54) is 5.01 Å². The molecule has 0 aliphatic carbocycles. The normalized spacial score (nSPS) is 20.1. The lowest BCUT2D eigenvalue weighted by Crippen LogP contribution is -2.50. The lowest BCUT2D eigenvalue weighted by Gasteiger charge is -2.32. The highest BCUT2D eigenvalue weighted by Gasteiger charge is 2.42. The number of nitrogens with one attached hydrogen (secondary N) is 1. The number of aryl methyl sites for hydroxylation is 1. The quantitative estimate of drug-likeness (QED) is 0.908. The standard InChI is InChI=1S/C18H19N3O2/c1-14-12-18(23,16-8-5-11-19-13-16)21(20-14)17(22)10-9-15-6-3-2-4-7-15/h2-8,11-13,20,23H,9-10H2,1H3. The molecule has 1 aliphatic heterocycles. The van der Waals surface area contributed by atoms with Crippen molar-refractivity contribution >= 4 is 5.91 Å². The highest BCUT2D eigenvalue weighted by atomic mass is 16.3. The summed E-state index contributed by atoms with van der Waals surface area (Å²) in [6, 6.07) is 13.3. The van der Waals surface area contributed by atoms with Gasteiger partial charge in [0.25, 0.3) is 0 Å². The molecule has 118 valence electrons. The van der Waals surface area contributed by atoms with Gasteiger partial charge in [0.1, 0.15) is 0 Å². The first kappa shape index (κ1) is 15.2. The van der Waals surface area contributed by atoms with Crippen LogP contribution in [0.1, 0.15) is 24.5 Å². The van der Waals surface area contributed by atoms with Crippen LogP contribution in [0.2, 0.25) is 0 Å². The maximum Gasteiger partial charge on any atom is 0.244 e. The van der Waals surface area contributed by atoms with E-state index in [0.29, 0.717) is 18.4 Å². The van der Waals surface area contributed by atoms with Crippen LogP contribution >= 0.6 is 0 Å². The van der Waals surface area contributed by atoms with E-state index in [0.717, 1.165) is 11.3 Å². The summed E-state index contributed by atoms with van der Waals surface area (Å²) in [5, 5.41) is 12.3. The summed E-state index contributed by atoms with van der Waals surface area (Å²) in [6.07, 6.45) is 5.76. The number of carbonyl (C=O) groups excluding carboxylic acids is 1. The number of pyridine rings is 1. The number of hydrogen-bond donors (Lipinski definition) is 2. The van der Waals surface area contributed by atoms with Gasteiger partial charge in [-0.3, -0.25) is 15.2 Å². The number of carbonyl (C=O) groups is 1. The van der Waals surface area contributed by atoms with Crippen LogP contribution < -0.4 is 5.43 Å². The molecule has 1 aromatic heterocycles. The van der Waals surface area contributed by atoms with Crippen molar-refractivity contribution in [3.8, 4) is 0 Å². The van der Waals surface area contributed by atoms with Crippen LogP contribution in [0.5, 0.6) is 0 Å². The zero-order valence-corrected chi connectivity index (χ0v) is 12.9. The molecule has 0 fully saturated rings. The summed E-state index contributed by atoms with van der Waals surface area (Å²) in [5.41, 5.74) is 3.81. The largest absolute Gasteiger partial charge is 0.362 e. The lowest BCUT2D eigenvalue weighted by molar-refractivity contribution is -0.156. The van der Waals surface area contributed by atoms with Crippen molar-refractivity contribution in [3.63, 3.8) is 0 Å². The molecule has 2 aromatic rings. The molecule has 0 saturated heterocycles. The minimum atomic E-state index is -1.51. The Bertz CT molecular complexity index is 716. The molecule has 5 heteroatoms. The number of aliphatic hydroxyl groups is 1. The van der Waals surface area contributed by atoms with Crippen LogP contribution in [-0.4, -0.2) is 21.0 Å². The van der Waals surface area contributed by atoms with Crippen LogP contribution in [0.25, 0.3) is 0 Å². The van der Waals surface area contributed by atoms with Gasteiger partial charge in [0.2, 0.25) is 11.6 Å². The predicted octanol–water partition coefficient (Wildman–Crippen LogP) is 2.11. The van der Waals surface area contributed by atoms with Crippen molar-refractivity contribution < 1.29 is 9.90 Å². The third-order valence-corrected chi connectivity index (χ3v) is 3.85. The fourth-order valence-corrected chi connectivity index (χ4v) is 2.71. The average molecular weight is 309 g/mol. The molecule has 1 atom stereocenters. The van der Waals surface area contributed by atoms with Gasteiger partial charge in [-0.25, -0.2) is 5.01 Å². The van der Waals surface area contributed by atoms with Crippen LogP contribution in [0.4, 0.5) is 0 Å². The SMILES string of the molecule is CC1=CC(O)(c2cccnc2)N(C(=O)CCc2ccccc2)N1. The van der Waals surface area contributed by atoms with Crippen LogP contribution in [0.3, 0.4) is 0 Å². The number of benzene rings is 1. The summed E-state index contributed by atoms with van der Waals surface area (Å²) in [6.45, 7) is 1.81. The molecule has 1 aliphatic rings. The Balaban J connectivity index is 1.77. The molecule has 0 radical (unpaired) electrons. The summed E-state index contributed by atoms with van der Waals surface area (Å²) in [7, 11) is 0. The second-order valence-corrected chi connectivity index (χ2v) is 5.62. The van der Waals surface area contributed by atoms with Crippen LogP contribution in [-0.2, 0) is 16.9 Å². The molecule has 23 heavy (non-hydrogen) atoms. The molecule has 1 unspecified atom stereocenters. The minimum Gasteiger partial charge on any atom is -0.362 e. The molecule has 2 heterocycles. The number of amides is 1. The number of allylic oxidation sites excluding steroid dienone is 1. The Morgan fingerprint density at radius 2 is 2.04 bits per heavy atom. The van der Waals surface area contributed by atoms with Crippen molar-refractivity contribution in [3.05, 3.63) is 77.8 Å². The molecule has 5 nitrogen and oxygen atoms in total. The first-order valence-corrected chi connectivity index (χ1v) is 7.55. The molecule has 0 spiro atoms. The van der Waals surface area contributed by atoms with Gasteiger partial charge in [0.05, 0.1) is 0 Å². The molecular formula is C18H19N3O2. The molecule has 0 saturated carbocycles. The van der Waals surface area contributed by atoms with Gasteiger partial charge in [-0.1, -0.05) is 36.4 Å². The van der Waals surface area contributed by atoms with E-state index >= 15 is 0 Å². The van der Waals surface area contributed by atoms with Gasteiger partial charge < -0.3 is 5.11 Å². The molecule has 1 aromatic carbocycles. The van der Waals surface area contributed by atoms with Crippen molar-refractivity contribution in [2.75, 3.05) is 0 Å². The molecular weight excluding hydrogens is 290 g/mol. The summed E-state index contributed by atoms with van der Waals surface area (Å²) in [4.78, 5) is 16.6. The Kier molecular flexibility index (Phi) is 4.12. The molecule has 3 rings (SSSR count). The van der Waals surface area contributed by atoms with Gasteiger partial charge in [0, 0.05) is 30.1 Å². The zero-order chi connectivity index (χ0) is 16.3. The average Bonchev–Trinajstić information content (AvgIpc) is 2.90. The van der Waals surface area contributed by atoms with Crippen molar-refractivity contribution in [1.82, 2.24) is 15.4 Å². The Morgan fingerprint density at radius 3 is 2.74 bits per heavy atom. The van der Waals surface area contributed by atoms with Crippen LogP contribution in [0.15, 0.2) is 66.6 Å². The Morgan fingerprint density at radius 1 is 1.26 bits per heavy atom. The predicted molar refractivity (Wildman–Crippen MR) is 86.6 cm³/mol. The van der Waals surface area contributed by atoms with Crippen molar-refractivity contribution in [2.24, 2.45) is 0 Å². The van der Waals surface area contributed by atoms with E-state index in [1.54, 1.807) is 30.6 Å². The Labute approximate surface area is 135 Å².